The number of aliphatic hydroxyl groups is 1. The minimum absolute atomic E-state index is 0.149. The predicted octanol–water partition coefficient (Wildman–Crippen LogP) is 1.24. The van der Waals surface area contributed by atoms with Gasteiger partial charge < -0.3 is 9.83 Å². The molecule has 4 heteroatoms. The summed E-state index contributed by atoms with van der Waals surface area (Å²) in [6, 6.07) is 7.85. The SMILES string of the molecule is O=S1C[C@H](CCO)c2ccccc2N1. The summed E-state index contributed by atoms with van der Waals surface area (Å²) >= 11 is 0. The molecule has 3 nitrogen and oxygen atoms in total. The third-order valence-electron chi connectivity index (χ3n) is 2.45. The Hall–Kier alpha value is -0.870. The second kappa shape index (κ2) is 4.11. The molecule has 0 saturated carbocycles. The van der Waals surface area contributed by atoms with E-state index in [1.165, 1.54) is 5.56 Å². The normalized spacial score (nSPS) is 25.2. The third kappa shape index (κ3) is 1.81. The summed E-state index contributed by atoms with van der Waals surface area (Å²) in [6.07, 6.45) is 0.685. The molecule has 2 rings (SSSR count). The third-order valence-corrected chi connectivity index (χ3v) is 3.61. The van der Waals surface area contributed by atoms with Crippen LogP contribution in [0.4, 0.5) is 5.69 Å². The Balaban J connectivity index is 2.33. The number of hydrogen-bond acceptors (Lipinski definition) is 2. The Bertz CT molecular complexity index is 354. The van der Waals surface area contributed by atoms with Crippen LogP contribution in [0.2, 0.25) is 0 Å². The Kier molecular flexibility index (Phi) is 2.84. The van der Waals surface area contributed by atoms with Crippen molar-refractivity contribution in [3.05, 3.63) is 29.8 Å². The van der Waals surface area contributed by atoms with E-state index in [0.717, 1.165) is 5.69 Å². The van der Waals surface area contributed by atoms with Crippen molar-refractivity contribution in [2.75, 3.05) is 17.1 Å². The first kappa shape index (κ1) is 9.68. The molecule has 1 unspecified atom stereocenters. The Labute approximate surface area is 85.7 Å². The van der Waals surface area contributed by atoms with E-state index >= 15 is 0 Å². The fraction of sp³-hybridized carbons (Fsp3) is 0.400. The zero-order chi connectivity index (χ0) is 9.97. The van der Waals surface area contributed by atoms with Crippen molar-refractivity contribution in [2.45, 2.75) is 12.3 Å². The van der Waals surface area contributed by atoms with Crippen LogP contribution in [-0.4, -0.2) is 21.7 Å². The molecule has 0 amide bonds. The van der Waals surface area contributed by atoms with Crippen molar-refractivity contribution in [3.63, 3.8) is 0 Å². The van der Waals surface area contributed by atoms with Gasteiger partial charge >= 0.3 is 0 Å². The first-order valence-electron chi connectivity index (χ1n) is 4.66. The highest BCUT2D eigenvalue weighted by Crippen LogP contribution is 2.31. The van der Waals surface area contributed by atoms with Gasteiger partial charge in [0.25, 0.3) is 0 Å². The van der Waals surface area contributed by atoms with Crippen LogP contribution in [0.3, 0.4) is 0 Å². The van der Waals surface area contributed by atoms with Crippen molar-refractivity contribution >= 4 is 16.7 Å². The Morgan fingerprint density at radius 1 is 1.50 bits per heavy atom. The highest BCUT2D eigenvalue weighted by atomic mass is 32.2. The summed E-state index contributed by atoms with van der Waals surface area (Å²) in [5.41, 5.74) is 2.11. The maximum Gasteiger partial charge on any atom is 0.117 e. The summed E-state index contributed by atoms with van der Waals surface area (Å²) in [5, 5.41) is 8.91. The Morgan fingerprint density at radius 2 is 2.29 bits per heavy atom. The molecule has 0 bridgehead atoms. The summed E-state index contributed by atoms with van der Waals surface area (Å²) in [5.74, 6) is 0.815. The summed E-state index contributed by atoms with van der Waals surface area (Å²) < 4.78 is 14.4. The van der Waals surface area contributed by atoms with Gasteiger partial charge in [-0.3, -0.25) is 0 Å². The lowest BCUT2D eigenvalue weighted by atomic mass is 9.96. The standard InChI is InChI=1S/C10H13NO2S/c12-6-5-8-7-14(13)11-10-4-2-1-3-9(8)10/h1-4,8,11-12H,5-7H2/t8-,14?/m0/s1. The molecule has 0 radical (unpaired) electrons. The van der Waals surface area contributed by atoms with Gasteiger partial charge in [-0.05, 0) is 18.1 Å². The van der Waals surface area contributed by atoms with E-state index in [0.29, 0.717) is 12.2 Å². The van der Waals surface area contributed by atoms with Crippen LogP contribution < -0.4 is 4.72 Å². The number of fused-ring (bicyclic) bond motifs is 1. The van der Waals surface area contributed by atoms with Crippen LogP contribution in [-0.2, 0) is 11.0 Å². The predicted molar refractivity (Wildman–Crippen MR) is 57.5 cm³/mol. The first-order chi connectivity index (χ1) is 6.81. The van der Waals surface area contributed by atoms with Crippen molar-refractivity contribution in [1.82, 2.24) is 0 Å². The molecule has 1 aromatic carbocycles. The molecule has 1 aliphatic rings. The average molecular weight is 211 g/mol. The monoisotopic (exact) mass is 211 g/mol. The molecule has 0 aliphatic carbocycles. The van der Waals surface area contributed by atoms with Crippen LogP contribution in [0.25, 0.3) is 0 Å². The van der Waals surface area contributed by atoms with E-state index in [9.17, 15) is 4.21 Å². The van der Waals surface area contributed by atoms with Gasteiger partial charge in [0.2, 0.25) is 0 Å². The van der Waals surface area contributed by atoms with Gasteiger partial charge in [0, 0.05) is 18.2 Å². The zero-order valence-electron chi connectivity index (χ0n) is 7.77. The smallest absolute Gasteiger partial charge is 0.117 e. The minimum atomic E-state index is -0.994. The lowest BCUT2D eigenvalue weighted by Crippen LogP contribution is -2.23. The quantitative estimate of drug-likeness (QED) is 0.773. The van der Waals surface area contributed by atoms with Gasteiger partial charge in [-0.25, -0.2) is 4.21 Å². The highest BCUT2D eigenvalue weighted by molar-refractivity contribution is 7.86. The fourth-order valence-corrected chi connectivity index (χ4v) is 3.00. The molecular formula is C10H13NO2S. The van der Waals surface area contributed by atoms with Crippen molar-refractivity contribution in [2.24, 2.45) is 0 Å². The van der Waals surface area contributed by atoms with Crippen molar-refractivity contribution < 1.29 is 9.32 Å². The Morgan fingerprint density at radius 3 is 3.07 bits per heavy atom. The van der Waals surface area contributed by atoms with E-state index in [2.05, 4.69) is 4.72 Å². The molecule has 76 valence electrons. The number of para-hydroxylation sites is 1. The zero-order valence-corrected chi connectivity index (χ0v) is 8.59. The molecule has 1 heterocycles. The van der Waals surface area contributed by atoms with Gasteiger partial charge in [-0.1, -0.05) is 18.2 Å². The van der Waals surface area contributed by atoms with Gasteiger partial charge in [0.05, 0.1) is 5.75 Å². The molecule has 2 N–H and O–H groups in total. The number of aliphatic hydroxyl groups excluding tert-OH is 1. The lowest BCUT2D eigenvalue weighted by molar-refractivity contribution is 0.279. The number of hydrogen-bond donors (Lipinski definition) is 2. The first-order valence-corrected chi connectivity index (χ1v) is 5.98. The van der Waals surface area contributed by atoms with Crippen molar-refractivity contribution in [1.29, 1.82) is 0 Å². The number of nitrogens with one attached hydrogen (secondary N) is 1. The van der Waals surface area contributed by atoms with E-state index in [4.69, 9.17) is 5.11 Å². The lowest BCUT2D eigenvalue weighted by Gasteiger charge is -2.25. The van der Waals surface area contributed by atoms with Gasteiger partial charge in [0.15, 0.2) is 0 Å². The van der Waals surface area contributed by atoms with Gasteiger partial charge in [-0.15, -0.1) is 0 Å². The van der Waals surface area contributed by atoms with Crippen LogP contribution in [0, 0.1) is 0 Å². The second-order valence-electron chi connectivity index (χ2n) is 3.41. The molecule has 0 saturated heterocycles. The van der Waals surface area contributed by atoms with E-state index in [-0.39, 0.29) is 12.5 Å². The van der Waals surface area contributed by atoms with Crippen LogP contribution in [0.1, 0.15) is 17.9 Å². The fourth-order valence-electron chi connectivity index (χ4n) is 1.78. The van der Waals surface area contributed by atoms with E-state index in [1.54, 1.807) is 0 Å². The largest absolute Gasteiger partial charge is 0.396 e. The second-order valence-corrected chi connectivity index (χ2v) is 4.64. The van der Waals surface area contributed by atoms with E-state index in [1.807, 2.05) is 24.3 Å². The van der Waals surface area contributed by atoms with Gasteiger partial charge in [-0.2, -0.15) is 0 Å². The molecule has 0 fully saturated rings. The van der Waals surface area contributed by atoms with Crippen LogP contribution in [0.15, 0.2) is 24.3 Å². The molecule has 1 aromatic rings. The maximum absolute atomic E-state index is 11.4. The molecule has 2 atom stereocenters. The number of anilines is 1. The molecular weight excluding hydrogens is 198 g/mol. The van der Waals surface area contributed by atoms with E-state index < -0.39 is 11.0 Å². The van der Waals surface area contributed by atoms with Crippen LogP contribution in [0.5, 0.6) is 0 Å². The molecule has 0 spiro atoms. The number of benzene rings is 1. The molecule has 0 aromatic heterocycles. The maximum atomic E-state index is 11.4. The summed E-state index contributed by atoms with van der Waals surface area (Å²) in [6.45, 7) is 0.149. The van der Waals surface area contributed by atoms with Crippen LogP contribution >= 0.6 is 0 Å². The highest BCUT2D eigenvalue weighted by Gasteiger charge is 2.22. The summed E-state index contributed by atoms with van der Waals surface area (Å²) in [7, 11) is -0.994. The molecule has 1 aliphatic heterocycles. The van der Waals surface area contributed by atoms with Crippen molar-refractivity contribution in [3.8, 4) is 0 Å². The topological polar surface area (TPSA) is 49.3 Å². The van der Waals surface area contributed by atoms with Gasteiger partial charge in [0.1, 0.15) is 11.0 Å². The molecule has 14 heavy (non-hydrogen) atoms. The minimum Gasteiger partial charge on any atom is -0.396 e. The average Bonchev–Trinajstić information content (AvgIpc) is 2.18. The number of rotatable bonds is 2. The summed E-state index contributed by atoms with van der Waals surface area (Å²) in [4.78, 5) is 0.